The molecule has 1 aromatic heterocycles. The highest BCUT2D eigenvalue weighted by Crippen LogP contribution is 2.38. The van der Waals surface area contributed by atoms with Gasteiger partial charge in [-0.1, -0.05) is 33.3 Å². The van der Waals surface area contributed by atoms with Crippen LogP contribution in [0.15, 0.2) is 30.5 Å². The Kier molecular flexibility index (Phi) is 10.4. The molecule has 0 saturated heterocycles. The number of hydrogen-bond acceptors (Lipinski definition) is 8. The predicted molar refractivity (Wildman–Crippen MR) is 131 cm³/mol. The average Bonchev–Trinajstić information content (AvgIpc) is 2.84. The Morgan fingerprint density at radius 2 is 1.69 bits per heavy atom. The highest BCUT2D eigenvalue weighted by molar-refractivity contribution is 5.99. The number of carbonyl (C=O) groups is 3. The number of halogens is 1. The number of methoxy groups -OCH3 is 2. The van der Waals surface area contributed by atoms with Crippen molar-refractivity contribution in [2.75, 3.05) is 14.2 Å². The van der Waals surface area contributed by atoms with Gasteiger partial charge in [0.05, 0.1) is 20.1 Å². The van der Waals surface area contributed by atoms with Gasteiger partial charge in [-0.2, -0.15) is 0 Å². The fourth-order valence-corrected chi connectivity index (χ4v) is 4.10. The van der Waals surface area contributed by atoms with E-state index in [1.807, 2.05) is 13.8 Å². The molecule has 0 amide bonds. The van der Waals surface area contributed by atoms with Crippen molar-refractivity contribution in [1.82, 2.24) is 4.98 Å². The summed E-state index contributed by atoms with van der Waals surface area (Å²) < 4.78 is 35.3. The maximum absolute atomic E-state index is 13.8. The topological polar surface area (TPSA) is 101 Å². The Labute approximate surface area is 211 Å². The van der Waals surface area contributed by atoms with E-state index in [4.69, 9.17) is 18.9 Å². The number of carbonyl (C=O) groups excluding carboxylic acids is 3. The van der Waals surface area contributed by atoms with Crippen molar-refractivity contribution in [3.05, 3.63) is 47.5 Å². The molecule has 0 aliphatic carbocycles. The number of hydrogen-bond donors (Lipinski definition) is 0. The molecule has 0 bridgehead atoms. The smallest absolute Gasteiger partial charge is 0.309 e. The lowest BCUT2D eigenvalue weighted by molar-refractivity contribution is -0.154. The van der Waals surface area contributed by atoms with E-state index in [0.29, 0.717) is 5.75 Å². The molecular weight excluding hydrogens is 469 g/mol. The number of ketones is 1. The van der Waals surface area contributed by atoms with Crippen LogP contribution in [0.25, 0.3) is 0 Å². The van der Waals surface area contributed by atoms with Crippen LogP contribution in [0, 0.1) is 17.7 Å². The number of rotatable bonds is 12. The Bertz CT molecular complexity index is 1090. The summed E-state index contributed by atoms with van der Waals surface area (Å²) in [6, 6.07) is 5.77. The van der Waals surface area contributed by atoms with E-state index < -0.39 is 35.6 Å². The van der Waals surface area contributed by atoms with Gasteiger partial charge in [-0.3, -0.25) is 14.4 Å². The van der Waals surface area contributed by atoms with E-state index in [9.17, 15) is 18.8 Å². The molecule has 2 aromatic rings. The Morgan fingerprint density at radius 1 is 1.03 bits per heavy atom. The molecule has 0 spiro atoms. The maximum Gasteiger partial charge on any atom is 0.309 e. The van der Waals surface area contributed by atoms with Crippen LogP contribution in [0.2, 0.25) is 0 Å². The highest BCUT2D eigenvalue weighted by atomic mass is 19.1. The number of pyridine rings is 1. The van der Waals surface area contributed by atoms with Gasteiger partial charge in [-0.05, 0) is 18.9 Å². The summed E-state index contributed by atoms with van der Waals surface area (Å²) in [6.45, 7) is 8.59. The number of ether oxygens (including phenoxy) is 4. The molecule has 36 heavy (non-hydrogen) atoms. The lowest BCUT2D eigenvalue weighted by Crippen LogP contribution is -2.30. The van der Waals surface area contributed by atoms with E-state index in [-0.39, 0.29) is 35.4 Å². The van der Waals surface area contributed by atoms with Crippen LogP contribution >= 0.6 is 0 Å². The third-order valence-electron chi connectivity index (χ3n) is 6.11. The molecule has 0 radical (unpaired) electrons. The summed E-state index contributed by atoms with van der Waals surface area (Å²) >= 11 is 0. The van der Waals surface area contributed by atoms with Crippen LogP contribution in [-0.2, 0) is 14.3 Å². The van der Waals surface area contributed by atoms with Crippen LogP contribution in [0.1, 0.15) is 69.4 Å². The van der Waals surface area contributed by atoms with Crippen molar-refractivity contribution in [1.29, 1.82) is 0 Å². The lowest BCUT2D eigenvalue weighted by Gasteiger charge is -2.31. The second-order valence-electron chi connectivity index (χ2n) is 8.75. The first-order chi connectivity index (χ1) is 17.0. The number of aromatic nitrogens is 1. The minimum atomic E-state index is -0.800. The van der Waals surface area contributed by atoms with Crippen molar-refractivity contribution in [2.24, 2.45) is 11.8 Å². The summed E-state index contributed by atoms with van der Waals surface area (Å²) in [6.07, 6.45) is 1.36. The normalized spacial score (nSPS) is 14.2. The Balaban J connectivity index is 2.21. The quantitative estimate of drug-likeness (QED) is 0.290. The molecule has 9 heteroatoms. The third-order valence-corrected chi connectivity index (χ3v) is 6.11. The van der Waals surface area contributed by atoms with Gasteiger partial charge in [0.15, 0.2) is 17.2 Å². The molecule has 196 valence electrons. The van der Waals surface area contributed by atoms with Gasteiger partial charge >= 0.3 is 11.9 Å². The van der Waals surface area contributed by atoms with E-state index in [1.54, 1.807) is 19.9 Å². The fourth-order valence-electron chi connectivity index (χ4n) is 4.10. The Hall–Kier alpha value is -3.49. The fraction of sp³-hybridized carbons (Fsp3) is 0.481. The SMILES string of the molecule is CCC(C)[C@H](c1ccc(F)cc1OC)[C@H](C)OC(=O)[C@H](C)CC(=O)c1nccc(OC)c1OC(C)=O. The van der Waals surface area contributed by atoms with Crippen molar-refractivity contribution < 1.29 is 37.7 Å². The average molecular weight is 504 g/mol. The van der Waals surface area contributed by atoms with Crippen LogP contribution < -0.4 is 14.2 Å². The largest absolute Gasteiger partial charge is 0.496 e. The molecule has 8 nitrogen and oxygen atoms in total. The van der Waals surface area contributed by atoms with Crippen LogP contribution in [0.5, 0.6) is 17.2 Å². The molecule has 2 rings (SSSR count). The number of Topliss-reactive ketones (excluding diaryl/α,β-unsaturated/α-hetero) is 1. The monoisotopic (exact) mass is 503 g/mol. The van der Waals surface area contributed by atoms with E-state index in [1.165, 1.54) is 45.5 Å². The van der Waals surface area contributed by atoms with Gasteiger partial charge in [0, 0.05) is 43.2 Å². The van der Waals surface area contributed by atoms with Crippen molar-refractivity contribution in [3.63, 3.8) is 0 Å². The summed E-state index contributed by atoms with van der Waals surface area (Å²) in [5.74, 6) is -2.62. The van der Waals surface area contributed by atoms with Crippen LogP contribution in [0.3, 0.4) is 0 Å². The van der Waals surface area contributed by atoms with E-state index >= 15 is 0 Å². The third kappa shape index (κ3) is 7.02. The molecule has 4 atom stereocenters. The minimum absolute atomic E-state index is 0.0910. The number of nitrogens with zero attached hydrogens (tertiary/aromatic N) is 1. The summed E-state index contributed by atoms with van der Waals surface area (Å²) in [5, 5.41) is 0. The molecule has 1 aromatic carbocycles. The molecular formula is C27H34FNO7. The predicted octanol–water partition coefficient (Wildman–Crippen LogP) is 5.13. The first-order valence-corrected chi connectivity index (χ1v) is 11.8. The summed E-state index contributed by atoms with van der Waals surface area (Å²) in [5.41, 5.74) is 0.634. The number of esters is 2. The second kappa shape index (κ2) is 13.0. The summed E-state index contributed by atoms with van der Waals surface area (Å²) in [4.78, 5) is 41.5. The van der Waals surface area contributed by atoms with E-state index in [0.717, 1.165) is 12.0 Å². The number of benzene rings is 1. The molecule has 1 unspecified atom stereocenters. The van der Waals surface area contributed by atoms with Gasteiger partial charge in [0.2, 0.25) is 5.75 Å². The van der Waals surface area contributed by atoms with Gasteiger partial charge in [0.25, 0.3) is 0 Å². The van der Waals surface area contributed by atoms with Crippen molar-refractivity contribution >= 4 is 17.7 Å². The van der Waals surface area contributed by atoms with Crippen LogP contribution in [0.4, 0.5) is 4.39 Å². The standard InChI is InChI=1S/C27H34FNO7/c1-8-15(2)24(20-10-9-19(28)14-23(20)34-7)17(4)35-27(32)16(3)13-21(31)25-26(36-18(5)30)22(33-6)11-12-29-25/h9-12,14-17,24H,8,13H2,1-7H3/t15?,16-,17+,24+/m1/s1. The molecule has 1 heterocycles. The first kappa shape index (κ1) is 28.7. The maximum atomic E-state index is 13.8. The van der Waals surface area contributed by atoms with Gasteiger partial charge in [-0.25, -0.2) is 9.37 Å². The zero-order chi connectivity index (χ0) is 27.0. The van der Waals surface area contributed by atoms with Gasteiger partial charge in [0.1, 0.15) is 17.7 Å². The zero-order valence-electron chi connectivity index (χ0n) is 21.8. The van der Waals surface area contributed by atoms with Crippen molar-refractivity contribution in [2.45, 2.75) is 59.5 Å². The van der Waals surface area contributed by atoms with Gasteiger partial charge in [-0.15, -0.1) is 0 Å². The molecule has 0 aliphatic rings. The molecule has 0 aliphatic heterocycles. The molecule has 0 N–H and O–H groups in total. The van der Waals surface area contributed by atoms with Crippen LogP contribution in [-0.4, -0.2) is 43.0 Å². The molecule has 0 saturated carbocycles. The second-order valence-corrected chi connectivity index (χ2v) is 8.75. The molecule has 0 fully saturated rings. The highest BCUT2D eigenvalue weighted by Gasteiger charge is 2.32. The first-order valence-electron chi connectivity index (χ1n) is 11.8. The Morgan fingerprint density at radius 3 is 2.28 bits per heavy atom. The summed E-state index contributed by atoms with van der Waals surface area (Å²) in [7, 11) is 2.84. The lowest BCUT2D eigenvalue weighted by atomic mass is 9.81. The van der Waals surface area contributed by atoms with E-state index in [2.05, 4.69) is 4.98 Å². The van der Waals surface area contributed by atoms with Crippen molar-refractivity contribution in [3.8, 4) is 17.2 Å². The minimum Gasteiger partial charge on any atom is -0.496 e. The van der Waals surface area contributed by atoms with Gasteiger partial charge < -0.3 is 18.9 Å². The zero-order valence-corrected chi connectivity index (χ0v) is 21.8.